The van der Waals surface area contributed by atoms with Gasteiger partial charge in [0.15, 0.2) is 5.01 Å². The van der Waals surface area contributed by atoms with Crippen molar-refractivity contribution in [2.24, 2.45) is 0 Å². The molecule has 1 N–H and O–H groups in total. The van der Waals surface area contributed by atoms with Gasteiger partial charge in [-0.2, -0.15) is 0 Å². The van der Waals surface area contributed by atoms with Gasteiger partial charge in [-0.3, -0.25) is 14.5 Å². The van der Waals surface area contributed by atoms with Gasteiger partial charge in [0.2, 0.25) is 5.91 Å². The van der Waals surface area contributed by atoms with Crippen molar-refractivity contribution in [3.8, 4) is 0 Å². The zero-order valence-electron chi connectivity index (χ0n) is 16.1. The zero-order chi connectivity index (χ0) is 19.0. The van der Waals surface area contributed by atoms with Gasteiger partial charge in [-0.15, -0.1) is 11.3 Å². The average molecular weight is 393 g/mol. The maximum Gasteiger partial charge on any atom is 0.280 e. The van der Waals surface area contributed by atoms with Gasteiger partial charge in [0.25, 0.3) is 5.91 Å². The number of aromatic nitrogens is 1. The van der Waals surface area contributed by atoms with E-state index in [4.69, 9.17) is 4.74 Å². The van der Waals surface area contributed by atoms with Crippen LogP contribution in [0.3, 0.4) is 0 Å². The number of aryl methyl sites for hydroxylation is 2. The molecule has 0 saturated carbocycles. The van der Waals surface area contributed by atoms with Crippen LogP contribution in [0.1, 0.15) is 46.1 Å². The van der Waals surface area contributed by atoms with E-state index in [0.717, 1.165) is 38.0 Å². The van der Waals surface area contributed by atoms with E-state index in [1.54, 1.807) is 30.3 Å². The molecule has 3 atom stereocenters. The highest BCUT2D eigenvalue weighted by Gasteiger charge is 2.38. The molecule has 0 bridgehead atoms. The Morgan fingerprint density at radius 2 is 2.11 bits per heavy atom. The van der Waals surface area contributed by atoms with E-state index in [-0.39, 0.29) is 24.0 Å². The molecule has 7 nitrogen and oxygen atoms in total. The summed E-state index contributed by atoms with van der Waals surface area (Å²) in [5.74, 6) is 0.0507. The minimum atomic E-state index is -0.0590. The van der Waals surface area contributed by atoms with Crippen molar-refractivity contribution in [2.45, 2.75) is 56.7 Å². The number of nitrogens with one attached hydrogen (secondary N) is 1. The summed E-state index contributed by atoms with van der Waals surface area (Å²) in [6.45, 7) is 2.20. The molecule has 2 amide bonds. The summed E-state index contributed by atoms with van der Waals surface area (Å²) in [7, 11) is 3.54. The van der Waals surface area contributed by atoms with Crippen LogP contribution >= 0.6 is 11.3 Å². The molecule has 3 aliphatic rings. The number of fused-ring (bicyclic) bond motifs is 2. The molecule has 1 aromatic heterocycles. The number of morpholine rings is 1. The summed E-state index contributed by atoms with van der Waals surface area (Å²) in [5, 5.41) is 3.78. The predicted molar refractivity (Wildman–Crippen MR) is 103 cm³/mol. The number of carbonyl (C=O) groups excluding carboxylic acids is 2. The number of nitrogens with zero attached hydrogens (tertiary/aromatic N) is 3. The molecule has 0 aromatic carbocycles. The van der Waals surface area contributed by atoms with Crippen molar-refractivity contribution in [2.75, 3.05) is 33.8 Å². The van der Waals surface area contributed by atoms with Gasteiger partial charge in [-0.1, -0.05) is 0 Å². The summed E-state index contributed by atoms with van der Waals surface area (Å²) in [4.78, 5) is 34.4. The Morgan fingerprint density at radius 3 is 2.89 bits per heavy atom. The maximum absolute atomic E-state index is 12.6. The Balaban J connectivity index is 1.31. The summed E-state index contributed by atoms with van der Waals surface area (Å²) >= 11 is 1.56. The largest absolute Gasteiger partial charge is 0.375 e. The lowest BCUT2D eigenvalue weighted by atomic mass is 10.0. The quantitative estimate of drug-likeness (QED) is 0.830. The van der Waals surface area contributed by atoms with Gasteiger partial charge in [-0.25, -0.2) is 4.98 Å². The van der Waals surface area contributed by atoms with Crippen LogP contribution < -0.4 is 5.32 Å². The number of ether oxygens (including phenoxy) is 1. The first-order valence-electron chi connectivity index (χ1n) is 9.85. The molecule has 3 heterocycles. The smallest absolute Gasteiger partial charge is 0.280 e. The third-order valence-electron chi connectivity index (χ3n) is 5.77. The Hall–Kier alpha value is -1.51. The topological polar surface area (TPSA) is 74.8 Å². The van der Waals surface area contributed by atoms with Crippen LogP contribution in [0, 0.1) is 0 Å². The van der Waals surface area contributed by atoms with Crippen LogP contribution in [0.5, 0.6) is 0 Å². The standard InChI is InChI=1S/C19H28N4O3S/c1-22(2)17(24)8-14-10-23-9-12(7-13(23)11-26-14)20-18(25)19-21-15-5-3-4-6-16(15)27-19/h12-14H,3-11H2,1-2H3,(H,20,25)/t12-,13+,14+/m1/s1. The second-order valence-corrected chi connectivity index (χ2v) is 9.14. The van der Waals surface area contributed by atoms with Gasteiger partial charge in [0.05, 0.1) is 24.8 Å². The van der Waals surface area contributed by atoms with E-state index in [1.807, 2.05) is 0 Å². The van der Waals surface area contributed by atoms with Gasteiger partial charge in [0, 0.05) is 44.1 Å². The third-order valence-corrected chi connectivity index (χ3v) is 6.92. The number of hydrogen-bond acceptors (Lipinski definition) is 6. The van der Waals surface area contributed by atoms with Crippen LogP contribution in [0.15, 0.2) is 0 Å². The van der Waals surface area contributed by atoms with Crippen LogP contribution in [0.4, 0.5) is 0 Å². The predicted octanol–water partition coefficient (Wildman–Crippen LogP) is 1.07. The number of thiazole rings is 1. The Bertz CT molecular complexity index is 696. The normalized spacial score (nSPS) is 27.7. The van der Waals surface area contributed by atoms with E-state index in [0.29, 0.717) is 24.1 Å². The maximum atomic E-state index is 12.6. The molecule has 0 spiro atoms. The molecule has 2 aliphatic heterocycles. The van der Waals surface area contributed by atoms with Gasteiger partial charge < -0.3 is 15.0 Å². The average Bonchev–Trinajstić information content (AvgIpc) is 3.24. The second kappa shape index (κ2) is 7.85. The highest BCUT2D eigenvalue weighted by molar-refractivity contribution is 7.13. The third kappa shape index (κ3) is 4.17. The minimum absolute atomic E-state index is 0.0421. The number of carbonyl (C=O) groups is 2. The molecule has 0 radical (unpaired) electrons. The first kappa shape index (κ1) is 18.8. The highest BCUT2D eigenvalue weighted by atomic mass is 32.1. The van der Waals surface area contributed by atoms with E-state index in [2.05, 4.69) is 15.2 Å². The molecule has 2 fully saturated rings. The summed E-state index contributed by atoms with van der Waals surface area (Å²) < 4.78 is 5.89. The first-order chi connectivity index (χ1) is 13.0. The molecule has 1 aliphatic carbocycles. The first-order valence-corrected chi connectivity index (χ1v) is 10.7. The van der Waals surface area contributed by atoms with E-state index < -0.39 is 0 Å². The molecular weight excluding hydrogens is 364 g/mol. The summed E-state index contributed by atoms with van der Waals surface area (Å²) in [6.07, 6.45) is 5.69. The van der Waals surface area contributed by atoms with E-state index in [1.165, 1.54) is 17.7 Å². The van der Waals surface area contributed by atoms with Crippen molar-refractivity contribution >= 4 is 23.2 Å². The molecule has 148 valence electrons. The van der Waals surface area contributed by atoms with Gasteiger partial charge in [0.1, 0.15) is 0 Å². The Labute approximate surface area is 164 Å². The lowest BCUT2D eigenvalue weighted by molar-refractivity contribution is -0.134. The van der Waals surface area contributed by atoms with Crippen molar-refractivity contribution in [3.05, 3.63) is 15.6 Å². The summed E-state index contributed by atoms with van der Waals surface area (Å²) in [5.41, 5.74) is 1.13. The van der Waals surface area contributed by atoms with Crippen molar-refractivity contribution < 1.29 is 14.3 Å². The molecule has 2 saturated heterocycles. The van der Waals surface area contributed by atoms with Crippen molar-refractivity contribution in [1.82, 2.24) is 20.1 Å². The molecule has 0 unspecified atom stereocenters. The Kier molecular flexibility index (Phi) is 5.48. The van der Waals surface area contributed by atoms with E-state index in [9.17, 15) is 9.59 Å². The van der Waals surface area contributed by atoms with Crippen LogP contribution in [-0.4, -0.2) is 78.6 Å². The molecule has 4 rings (SSSR count). The fourth-order valence-corrected chi connectivity index (χ4v) is 5.30. The SMILES string of the molecule is CN(C)C(=O)C[C@H]1CN2C[C@H](NC(=O)c3nc4c(s3)CCCC4)C[C@H]2CO1. The van der Waals surface area contributed by atoms with Crippen molar-refractivity contribution in [1.29, 1.82) is 0 Å². The number of rotatable bonds is 4. The van der Waals surface area contributed by atoms with Gasteiger partial charge >= 0.3 is 0 Å². The number of amides is 2. The molecular formula is C19H28N4O3S. The lowest BCUT2D eigenvalue weighted by Crippen LogP contribution is -2.47. The summed E-state index contributed by atoms with van der Waals surface area (Å²) in [6, 6.07) is 0.445. The van der Waals surface area contributed by atoms with Gasteiger partial charge in [-0.05, 0) is 32.1 Å². The fraction of sp³-hybridized carbons (Fsp3) is 0.737. The van der Waals surface area contributed by atoms with Crippen LogP contribution in [0.2, 0.25) is 0 Å². The Morgan fingerprint density at radius 1 is 1.30 bits per heavy atom. The molecule has 27 heavy (non-hydrogen) atoms. The highest BCUT2D eigenvalue weighted by Crippen LogP contribution is 2.28. The zero-order valence-corrected chi connectivity index (χ0v) is 16.9. The van der Waals surface area contributed by atoms with Crippen molar-refractivity contribution in [3.63, 3.8) is 0 Å². The van der Waals surface area contributed by atoms with Crippen LogP contribution in [0.25, 0.3) is 0 Å². The minimum Gasteiger partial charge on any atom is -0.375 e. The lowest BCUT2D eigenvalue weighted by Gasteiger charge is -2.35. The fourth-order valence-electron chi connectivity index (χ4n) is 4.24. The molecule has 1 aromatic rings. The number of hydrogen-bond donors (Lipinski definition) is 1. The monoisotopic (exact) mass is 392 g/mol. The van der Waals surface area contributed by atoms with Crippen LogP contribution in [-0.2, 0) is 22.4 Å². The second-order valence-electron chi connectivity index (χ2n) is 8.06. The molecule has 8 heteroatoms. The van der Waals surface area contributed by atoms with E-state index >= 15 is 0 Å².